The highest BCUT2D eigenvalue weighted by Crippen LogP contribution is 2.32. The maximum Gasteiger partial charge on any atom is 0.269 e. The van der Waals surface area contributed by atoms with E-state index in [1.807, 2.05) is 5.43 Å². The second-order valence-electron chi connectivity index (χ2n) is 4.46. The highest BCUT2D eigenvalue weighted by molar-refractivity contribution is 6.01. The van der Waals surface area contributed by atoms with Gasteiger partial charge in [-0.05, 0) is 18.1 Å². The number of carbonyl (C=O) groups excluding carboxylic acids is 2. The van der Waals surface area contributed by atoms with Crippen molar-refractivity contribution in [3.8, 4) is 0 Å². The monoisotopic (exact) mass is 278 g/mol. The average Bonchev–Trinajstić information content (AvgIpc) is 2.73. The number of nitrogens with two attached hydrogens (primary N) is 1. The lowest BCUT2D eigenvalue weighted by Gasteiger charge is -2.16. The van der Waals surface area contributed by atoms with Gasteiger partial charge < -0.3 is 4.90 Å². The number of amides is 2. The topological polar surface area (TPSA) is 119 Å². The first-order chi connectivity index (χ1) is 9.52. The molecular weight excluding hydrogens is 264 g/mol. The van der Waals surface area contributed by atoms with E-state index < -0.39 is 4.92 Å². The summed E-state index contributed by atoms with van der Waals surface area (Å²) in [6.45, 7) is 0.386. The minimum Gasteiger partial charge on any atom is -0.312 e. The summed E-state index contributed by atoms with van der Waals surface area (Å²) in [7, 11) is 0. The van der Waals surface area contributed by atoms with Crippen LogP contribution < -0.4 is 16.2 Å². The molecule has 1 aliphatic heterocycles. The molecule has 1 aliphatic rings. The Morgan fingerprint density at radius 2 is 2.25 bits per heavy atom. The summed E-state index contributed by atoms with van der Waals surface area (Å²) in [6.07, 6.45) is 0.855. The van der Waals surface area contributed by atoms with Crippen LogP contribution >= 0.6 is 0 Å². The number of rotatable bonds is 5. The molecule has 0 saturated heterocycles. The Balaban J connectivity index is 2.08. The third-order valence-electron chi connectivity index (χ3n) is 3.15. The lowest BCUT2D eigenvalue weighted by molar-refractivity contribution is -0.384. The third-order valence-corrected chi connectivity index (χ3v) is 3.15. The Morgan fingerprint density at radius 1 is 1.50 bits per heavy atom. The lowest BCUT2D eigenvalue weighted by atomic mass is 10.1. The quantitative estimate of drug-likeness (QED) is 0.346. The van der Waals surface area contributed by atoms with Crippen LogP contribution in [-0.4, -0.2) is 23.3 Å². The molecule has 1 aromatic rings. The van der Waals surface area contributed by atoms with Crippen molar-refractivity contribution in [2.24, 2.45) is 5.84 Å². The number of hydrazine groups is 1. The van der Waals surface area contributed by atoms with Gasteiger partial charge in [0.25, 0.3) is 5.69 Å². The first-order valence-corrected chi connectivity index (χ1v) is 6.10. The molecule has 0 atom stereocenters. The van der Waals surface area contributed by atoms with E-state index in [0.29, 0.717) is 24.2 Å². The number of benzene rings is 1. The molecule has 8 heteroatoms. The molecule has 1 aromatic carbocycles. The molecule has 0 saturated carbocycles. The number of hydrogen-bond acceptors (Lipinski definition) is 5. The van der Waals surface area contributed by atoms with Crippen LogP contribution in [-0.2, 0) is 16.0 Å². The molecular formula is C12H14N4O4. The number of nitro groups is 1. The van der Waals surface area contributed by atoms with E-state index in [4.69, 9.17) is 5.84 Å². The summed E-state index contributed by atoms with van der Waals surface area (Å²) in [4.78, 5) is 34.7. The van der Waals surface area contributed by atoms with Crippen molar-refractivity contribution in [2.75, 3.05) is 11.4 Å². The van der Waals surface area contributed by atoms with Crippen LogP contribution in [0.1, 0.15) is 18.4 Å². The fourth-order valence-electron chi connectivity index (χ4n) is 2.20. The predicted molar refractivity (Wildman–Crippen MR) is 70.7 cm³/mol. The Labute approximate surface area is 114 Å². The van der Waals surface area contributed by atoms with E-state index in [9.17, 15) is 19.7 Å². The van der Waals surface area contributed by atoms with Crippen molar-refractivity contribution in [2.45, 2.75) is 19.3 Å². The Hall–Kier alpha value is -2.48. The van der Waals surface area contributed by atoms with Crippen LogP contribution in [0.3, 0.4) is 0 Å². The van der Waals surface area contributed by atoms with Gasteiger partial charge in [-0.3, -0.25) is 25.1 Å². The summed E-state index contributed by atoms with van der Waals surface area (Å²) < 4.78 is 0. The van der Waals surface area contributed by atoms with Crippen LogP contribution in [0, 0.1) is 10.1 Å². The number of nitro benzene ring substituents is 1. The summed E-state index contributed by atoms with van der Waals surface area (Å²) in [6, 6.07) is 4.36. The largest absolute Gasteiger partial charge is 0.312 e. The van der Waals surface area contributed by atoms with Crippen LogP contribution in [0.2, 0.25) is 0 Å². The number of non-ortho nitro benzene ring substituents is 1. The second-order valence-corrected chi connectivity index (χ2v) is 4.46. The molecule has 2 amide bonds. The van der Waals surface area contributed by atoms with E-state index in [2.05, 4.69) is 0 Å². The maximum absolute atomic E-state index is 11.9. The summed E-state index contributed by atoms with van der Waals surface area (Å²) in [5.41, 5.74) is 3.32. The van der Waals surface area contributed by atoms with Crippen LogP contribution in [0.25, 0.3) is 0 Å². The van der Waals surface area contributed by atoms with Gasteiger partial charge in [0.1, 0.15) is 0 Å². The molecule has 2 rings (SSSR count). The molecule has 3 N–H and O–H groups in total. The van der Waals surface area contributed by atoms with Crippen molar-refractivity contribution < 1.29 is 14.5 Å². The van der Waals surface area contributed by atoms with Gasteiger partial charge in [-0.25, -0.2) is 5.84 Å². The molecule has 0 bridgehead atoms. The summed E-state index contributed by atoms with van der Waals surface area (Å²) in [5.74, 6) is 4.56. The van der Waals surface area contributed by atoms with Crippen LogP contribution in [0.5, 0.6) is 0 Å². The molecule has 8 nitrogen and oxygen atoms in total. The van der Waals surface area contributed by atoms with E-state index in [1.54, 1.807) is 11.0 Å². The Morgan fingerprint density at radius 3 is 2.90 bits per heavy atom. The lowest BCUT2D eigenvalue weighted by Crippen LogP contribution is -2.32. The molecule has 0 aromatic heterocycles. The SMILES string of the molecule is NNC(=O)CCCN1C(=O)Cc2cc([N+](=O)[O-])ccc21. The molecule has 0 unspecified atom stereocenters. The highest BCUT2D eigenvalue weighted by atomic mass is 16.6. The first-order valence-electron chi connectivity index (χ1n) is 6.10. The van der Waals surface area contributed by atoms with Crippen molar-refractivity contribution in [3.05, 3.63) is 33.9 Å². The first kappa shape index (κ1) is 13.9. The van der Waals surface area contributed by atoms with E-state index in [0.717, 1.165) is 0 Å². The molecule has 1 heterocycles. The van der Waals surface area contributed by atoms with Crippen LogP contribution in [0.4, 0.5) is 11.4 Å². The van der Waals surface area contributed by atoms with Gasteiger partial charge in [0.05, 0.1) is 11.3 Å². The maximum atomic E-state index is 11.9. The standard InChI is InChI=1S/C12H14N4O4/c13-14-11(17)2-1-5-15-10-4-3-9(16(19)20)6-8(10)7-12(15)18/h3-4,6H,1-2,5,7,13H2,(H,14,17). The van der Waals surface area contributed by atoms with E-state index in [-0.39, 0.29) is 30.3 Å². The molecule has 0 radical (unpaired) electrons. The number of carbonyl (C=O) groups is 2. The number of fused-ring (bicyclic) bond motifs is 1. The molecule has 106 valence electrons. The molecule has 20 heavy (non-hydrogen) atoms. The number of nitrogens with zero attached hydrogens (tertiary/aromatic N) is 2. The van der Waals surface area contributed by atoms with Crippen LogP contribution in [0.15, 0.2) is 18.2 Å². The zero-order valence-electron chi connectivity index (χ0n) is 10.7. The summed E-state index contributed by atoms with van der Waals surface area (Å²) in [5, 5.41) is 10.7. The Kier molecular flexibility index (Phi) is 3.94. The van der Waals surface area contributed by atoms with E-state index >= 15 is 0 Å². The van der Waals surface area contributed by atoms with Crippen molar-refractivity contribution in [1.82, 2.24) is 5.43 Å². The summed E-state index contributed by atoms with van der Waals surface area (Å²) >= 11 is 0. The van der Waals surface area contributed by atoms with Crippen molar-refractivity contribution in [1.29, 1.82) is 0 Å². The minimum absolute atomic E-state index is 0.0269. The Bertz CT molecular complexity index is 573. The van der Waals surface area contributed by atoms with Gasteiger partial charge in [-0.15, -0.1) is 0 Å². The number of nitrogens with one attached hydrogen (secondary N) is 1. The van der Waals surface area contributed by atoms with Gasteiger partial charge in [0, 0.05) is 30.8 Å². The second kappa shape index (κ2) is 5.66. The number of hydrogen-bond donors (Lipinski definition) is 2. The van der Waals surface area contributed by atoms with Gasteiger partial charge in [0.15, 0.2) is 0 Å². The highest BCUT2D eigenvalue weighted by Gasteiger charge is 2.28. The van der Waals surface area contributed by atoms with Crippen molar-refractivity contribution in [3.63, 3.8) is 0 Å². The van der Waals surface area contributed by atoms with Gasteiger partial charge in [-0.1, -0.05) is 0 Å². The smallest absolute Gasteiger partial charge is 0.269 e. The van der Waals surface area contributed by atoms with Gasteiger partial charge in [-0.2, -0.15) is 0 Å². The molecule has 0 aliphatic carbocycles. The fraction of sp³-hybridized carbons (Fsp3) is 0.333. The average molecular weight is 278 g/mol. The normalized spacial score (nSPS) is 13.2. The molecule has 0 spiro atoms. The fourth-order valence-corrected chi connectivity index (χ4v) is 2.20. The molecule has 0 fully saturated rings. The van der Waals surface area contributed by atoms with E-state index in [1.165, 1.54) is 12.1 Å². The number of anilines is 1. The van der Waals surface area contributed by atoms with Gasteiger partial charge >= 0.3 is 0 Å². The van der Waals surface area contributed by atoms with Gasteiger partial charge in [0.2, 0.25) is 11.8 Å². The zero-order valence-corrected chi connectivity index (χ0v) is 10.7. The zero-order chi connectivity index (χ0) is 14.7. The van der Waals surface area contributed by atoms with Crippen molar-refractivity contribution >= 4 is 23.2 Å². The minimum atomic E-state index is -0.487. The third kappa shape index (κ3) is 2.75. The predicted octanol–water partition coefficient (Wildman–Crippen LogP) is 0.254.